The van der Waals surface area contributed by atoms with Crippen LogP contribution in [0.1, 0.15) is 12.0 Å². The molecule has 17 heavy (non-hydrogen) atoms. The van der Waals surface area contributed by atoms with Gasteiger partial charge in [-0.2, -0.15) is 0 Å². The molecule has 1 aliphatic rings. The minimum absolute atomic E-state index is 0.0582. The SMILES string of the molecule is COC(=O)C1C[C@H](N)CN1Cc1ccccc1. The zero-order valence-electron chi connectivity index (χ0n) is 10.0. The number of likely N-dealkylation sites (tertiary alicyclic amines) is 1. The number of hydrogen-bond donors (Lipinski definition) is 1. The predicted octanol–water partition coefficient (Wildman–Crippen LogP) is 0.761. The Hall–Kier alpha value is -1.39. The lowest BCUT2D eigenvalue weighted by Crippen LogP contribution is -2.36. The Labute approximate surface area is 101 Å². The highest BCUT2D eigenvalue weighted by Crippen LogP contribution is 2.20. The molecular weight excluding hydrogens is 216 g/mol. The Morgan fingerprint density at radius 1 is 1.47 bits per heavy atom. The van der Waals surface area contributed by atoms with E-state index in [0.29, 0.717) is 6.42 Å². The zero-order valence-corrected chi connectivity index (χ0v) is 10.0. The van der Waals surface area contributed by atoms with Crippen molar-refractivity contribution >= 4 is 5.97 Å². The van der Waals surface area contributed by atoms with Crippen molar-refractivity contribution in [3.63, 3.8) is 0 Å². The van der Waals surface area contributed by atoms with Crippen molar-refractivity contribution in [1.29, 1.82) is 0 Å². The third-order valence-corrected chi connectivity index (χ3v) is 3.14. The van der Waals surface area contributed by atoms with Crippen molar-refractivity contribution in [2.75, 3.05) is 13.7 Å². The maximum atomic E-state index is 11.6. The number of nitrogens with zero attached hydrogens (tertiary/aromatic N) is 1. The fraction of sp³-hybridized carbons (Fsp3) is 0.462. The molecule has 1 aliphatic heterocycles. The quantitative estimate of drug-likeness (QED) is 0.785. The molecule has 0 aromatic heterocycles. The van der Waals surface area contributed by atoms with Crippen molar-refractivity contribution < 1.29 is 9.53 Å². The number of esters is 1. The van der Waals surface area contributed by atoms with Gasteiger partial charge in [-0.15, -0.1) is 0 Å². The average Bonchev–Trinajstić information content (AvgIpc) is 2.70. The highest BCUT2D eigenvalue weighted by molar-refractivity contribution is 5.76. The van der Waals surface area contributed by atoms with Crippen LogP contribution in [0, 0.1) is 0 Å². The number of carbonyl (C=O) groups excluding carboxylic acids is 1. The molecule has 1 unspecified atom stereocenters. The first-order chi connectivity index (χ1) is 8.20. The molecule has 1 aromatic rings. The fourth-order valence-electron chi connectivity index (χ4n) is 2.31. The number of rotatable bonds is 3. The summed E-state index contributed by atoms with van der Waals surface area (Å²) in [5, 5.41) is 0. The second-order valence-corrected chi connectivity index (χ2v) is 4.45. The van der Waals surface area contributed by atoms with E-state index in [4.69, 9.17) is 10.5 Å². The van der Waals surface area contributed by atoms with Crippen molar-refractivity contribution in [3.8, 4) is 0 Å². The van der Waals surface area contributed by atoms with E-state index in [2.05, 4.69) is 17.0 Å². The van der Waals surface area contributed by atoms with Gasteiger partial charge in [0, 0.05) is 19.1 Å². The summed E-state index contributed by atoms with van der Waals surface area (Å²) in [5.41, 5.74) is 7.10. The summed E-state index contributed by atoms with van der Waals surface area (Å²) in [7, 11) is 1.42. The van der Waals surface area contributed by atoms with Gasteiger partial charge in [-0.3, -0.25) is 9.69 Å². The average molecular weight is 234 g/mol. The molecule has 2 N–H and O–H groups in total. The van der Waals surface area contributed by atoms with Crippen LogP contribution in [0.4, 0.5) is 0 Å². The molecule has 0 amide bonds. The second kappa shape index (κ2) is 5.29. The van der Waals surface area contributed by atoms with Crippen molar-refractivity contribution in [2.24, 2.45) is 5.73 Å². The summed E-state index contributed by atoms with van der Waals surface area (Å²) >= 11 is 0. The maximum Gasteiger partial charge on any atom is 0.323 e. The largest absolute Gasteiger partial charge is 0.468 e. The van der Waals surface area contributed by atoms with Crippen LogP contribution < -0.4 is 5.73 Å². The fourth-order valence-corrected chi connectivity index (χ4v) is 2.31. The summed E-state index contributed by atoms with van der Waals surface area (Å²) in [4.78, 5) is 13.7. The summed E-state index contributed by atoms with van der Waals surface area (Å²) in [5.74, 6) is -0.186. The number of nitrogens with two attached hydrogens (primary N) is 1. The molecule has 1 heterocycles. The Bertz CT molecular complexity index is 380. The molecular formula is C13H18N2O2. The van der Waals surface area contributed by atoms with Crippen LogP contribution >= 0.6 is 0 Å². The van der Waals surface area contributed by atoms with Gasteiger partial charge in [0.15, 0.2) is 0 Å². The maximum absolute atomic E-state index is 11.6. The summed E-state index contributed by atoms with van der Waals surface area (Å²) < 4.78 is 4.81. The zero-order chi connectivity index (χ0) is 12.3. The van der Waals surface area contributed by atoms with Gasteiger partial charge in [0.1, 0.15) is 6.04 Å². The first kappa shape index (κ1) is 12.1. The highest BCUT2D eigenvalue weighted by Gasteiger charge is 2.35. The molecule has 1 aromatic carbocycles. The molecule has 1 saturated heterocycles. The molecule has 92 valence electrons. The normalized spacial score (nSPS) is 24.8. The lowest BCUT2D eigenvalue weighted by atomic mass is 10.1. The van der Waals surface area contributed by atoms with Gasteiger partial charge in [-0.1, -0.05) is 30.3 Å². The van der Waals surface area contributed by atoms with E-state index in [-0.39, 0.29) is 18.1 Å². The molecule has 4 heteroatoms. The van der Waals surface area contributed by atoms with Crippen molar-refractivity contribution in [1.82, 2.24) is 4.90 Å². The highest BCUT2D eigenvalue weighted by atomic mass is 16.5. The molecule has 2 atom stereocenters. The first-order valence-electron chi connectivity index (χ1n) is 5.82. The predicted molar refractivity (Wildman–Crippen MR) is 65.2 cm³/mol. The summed E-state index contributed by atoms with van der Waals surface area (Å²) in [6.45, 7) is 1.49. The topological polar surface area (TPSA) is 55.6 Å². The molecule has 0 radical (unpaired) electrons. The van der Waals surface area contributed by atoms with Crippen LogP contribution in [0.5, 0.6) is 0 Å². The van der Waals surface area contributed by atoms with E-state index in [1.54, 1.807) is 0 Å². The van der Waals surface area contributed by atoms with Crippen LogP contribution in [0.15, 0.2) is 30.3 Å². The molecule has 2 rings (SSSR count). The van der Waals surface area contributed by atoms with E-state index < -0.39 is 0 Å². The summed E-state index contributed by atoms with van der Waals surface area (Å²) in [6.07, 6.45) is 0.680. The van der Waals surface area contributed by atoms with E-state index >= 15 is 0 Å². The van der Waals surface area contributed by atoms with E-state index in [0.717, 1.165) is 13.1 Å². The van der Waals surface area contributed by atoms with Gasteiger partial charge < -0.3 is 10.5 Å². The van der Waals surface area contributed by atoms with Crippen LogP contribution in [-0.4, -0.2) is 36.6 Å². The number of carbonyl (C=O) groups is 1. The monoisotopic (exact) mass is 234 g/mol. The van der Waals surface area contributed by atoms with Crippen molar-refractivity contribution in [2.45, 2.75) is 25.0 Å². The van der Waals surface area contributed by atoms with Crippen LogP contribution in [0.25, 0.3) is 0 Å². The third-order valence-electron chi connectivity index (χ3n) is 3.14. The lowest BCUT2D eigenvalue weighted by Gasteiger charge is -2.22. The summed E-state index contributed by atoms with van der Waals surface area (Å²) in [6, 6.07) is 9.95. The van der Waals surface area contributed by atoms with E-state index in [9.17, 15) is 4.79 Å². The van der Waals surface area contributed by atoms with Gasteiger partial charge in [0.2, 0.25) is 0 Å². The third kappa shape index (κ3) is 2.84. The molecule has 0 bridgehead atoms. The Kier molecular flexibility index (Phi) is 3.76. The Balaban J connectivity index is 2.06. The van der Waals surface area contributed by atoms with Gasteiger partial charge in [0.05, 0.1) is 7.11 Å². The van der Waals surface area contributed by atoms with Crippen LogP contribution in [0.2, 0.25) is 0 Å². The number of hydrogen-bond acceptors (Lipinski definition) is 4. The van der Waals surface area contributed by atoms with Crippen LogP contribution in [0.3, 0.4) is 0 Å². The molecule has 0 spiro atoms. The van der Waals surface area contributed by atoms with Crippen molar-refractivity contribution in [3.05, 3.63) is 35.9 Å². The van der Waals surface area contributed by atoms with Gasteiger partial charge >= 0.3 is 5.97 Å². The molecule has 0 saturated carbocycles. The van der Waals surface area contributed by atoms with Gasteiger partial charge in [-0.25, -0.2) is 0 Å². The molecule has 0 aliphatic carbocycles. The second-order valence-electron chi connectivity index (χ2n) is 4.45. The Morgan fingerprint density at radius 3 is 2.82 bits per heavy atom. The molecule has 4 nitrogen and oxygen atoms in total. The number of ether oxygens (including phenoxy) is 1. The van der Waals surface area contributed by atoms with Gasteiger partial charge in [0.25, 0.3) is 0 Å². The van der Waals surface area contributed by atoms with E-state index in [1.165, 1.54) is 12.7 Å². The minimum Gasteiger partial charge on any atom is -0.468 e. The smallest absolute Gasteiger partial charge is 0.323 e. The standard InChI is InChI=1S/C13H18N2O2/c1-17-13(16)12-7-11(14)9-15(12)8-10-5-3-2-4-6-10/h2-6,11-12H,7-9,14H2,1H3/t11-,12?/m0/s1. The van der Waals surface area contributed by atoms with E-state index in [1.807, 2.05) is 18.2 Å². The minimum atomic E-state index is -0.199. The van der Waals surface area contributed by atoms with Crippen LogP contribution in [-0.2, 0) is 16.1 Å². The first-order valence-corrected chi connectivity index (χ1v) is 5.82. The lowest BCUT2D eigenvalue weighted by molar-refractivity contribution is -0.146. The Morgan fingerprint density at radius 2 is 2.18 bits per heavy atom. The van der Waals surface area contributed by atoms with Gasteiger partial charge in [-0.05, 0) is 12.0 Å². The number of methoxy groups -OCH3 is 1. The molecule has 1 fully saturated rings. The number of benzene rings is 1.